The van der Waals surface area contributed by atoms with Crippen molar-refractivity contribution in [2.24, 2.45) is 0 Å². The summed E-state index contributed by atoms with van der Waals surface area (Å²) < 4.78 is 0. The molecular weight excluding hydrogens is 1690 g/mol. The van der Waals surface area contributed by atoms with Gasteiger partial charge < -0.3 is 0 Å². The van der Waals surface area contributed by atoms with Gasteiger partial charge in [0.05, 0.1) is 28.1 Å². The second kappa shape index (κ2) is 35.0. The summed E-state index contributed by atoms with van der Waals surface area (Å²) in [5.74, 6) is 0. The topological polar surface area (TPSA) is 64.5 Å². The first-order valence-electron chi connectivity index (χ1n) is 47.9. The predicted molar refractivity (Wildman–Crippen MR) is 584 cm³/mol. The highest BCUT2D eigenvalue weighted by Gasteiger charge is 2.45. The summed E-state index contributed by atoms with van der Waals surface area (Å²) in [6.07, 6.45) is 9.61. The highest BCUT2D eigenvalue weighted by atomic mass is 14.7. The Kier molecular flexibility index (Phi) is 20.6. The highest BCUT2D eigenvalue weighted by molar-refractivity contribution is 6.42. The molecule has 5 aromatic heterocycles. The van der Waals surface area contributed by atoms with E-state index in [1.807, 2.05) is 61.3 Å². The molecule has 4 aliphatic rings. The summed E-state index contributed by atoms with van der Waals surface area (Å²) in [6, 6.07) is 176. The number of fused-ring (bicyclic) bond motifs is 11. The number of para-hydroxylation sites is 2. The van der Waals surface area contributed by atoms with E-state index in [0.717, 1.165) is 161 Å². The maximum atomic E-state index is 5.25. The minimum atomic E-state index is 0.905. The molecule has 0 aliphatic heterocycles. The zero-order valence-electron chi connectivity index (χ0n) is 76.3. The molecule has 5 heterocycles. The van der Waals surface area contributed by atoms with Gasteiger partial charge >= 0.3 is 0 Å². The van der Waals surface area contributed by atoms with E-state index in [2.05, 4.69) is 455 Å². The van der Waals surface area contributed by atoms with Crippen molar-refractivity contribution in [3.8, 4) is 89.0 Å². The zero-order chi connectivity index (χ0) is 92.5. The van der Waals surface area contributed by atoms with E-state index in [4.69, 9.17) is 24.9 Å². The Morgan fingerprint density at radius 1 is 0.107 bits per heavy atom. The van der Waals surface area contributed by atoms with Crippen molar-refractivity contribution < 1.29 is 0 Å². The standard InChI is InChI=1S/C70H46N2.C65H39N3/c1-5-20-47(21-6-1)51-36-38-52(39-37-51)59-45-61-62(46-60(59)56-31-17-28-53(42-56)48-22-7-2-8-23-48)68-69(64-35-14-16-41-72-64)65(57-32-18-29-54(43-57)49-24-9-3-10-25-49)66(70(68)67(61)63-34-13-15-40-71-63)58-33-19-30-55(44-58)50-26-11-4-12-27-50;1-3-17-45-36-47(31-29-40(45)14-1)53-38-55-56(39-54(53)48-32-30-41-15-2-4-18-46(41)37-48)61-62(57-28-7-8-33-66-57)59(51-26-10-20-43-22-12-34-67-64(43)51)60(52-27-11-21-44-23-13-35-68-65(44)52)63(61)58(55)50-25-9-19-42-16-5-6-24-49(42)50/h1-46H;1-39H. The summed E-state index contributed by atoms with van der Waals surface area (Å²) >= 11 is 0. The van der Waals surface area contributed by atoms with Gasteiger partial charge in [-0.3, -0.25) is 24.9 Å². The van der Waals surface area contributed by atoms with Gasteiger partial charge in [0.15, 0.2) is 0 Å². The lowest BCUT2D eigenvalue weighted by Crippen LogP contribution is -2.00. The Bertz CT molecular complexity index is 9140. The van der Waals surface area contributed by atoms with Crippen LogP contribution in [-0.4, -0.2) is 24.9 Å². The molecule has 0 saturated heterocycles. The lowest BCUT2D eigenvalue weighted by atomic mass is 9.83. The lowest BCUT2D eigenvalue weighted by Gasteiger charge is -2.20. The first kappa shape index (κ1) is 82.2. The van der Waals surface area contributed by atoms with Crippen molar-refractivity contribution >= 4 is 110 Å². The zero-order valence-corrected chi connectivity index (χ0v) is 76.3. The molecular formula is C135H85N5. The minimum absolute atomic E-state index is 0.905. The Labute approximate surface area is 812 Å². The Morgan fingerprint density at radius 2 is 0.393 bits per heavy atom. The van der Waals surface area contributed by atoms with Gasteiger partial charge in [-0.25, -0.2) is 0 Å². The minimum Gasteiger partial charge on any atom is -0.256 e. The van der Waals surface area contributed by atoms with Gasteiger partial charge in [0.1, 0.15) is 0 Å². The molecule has 5 heteroatoms. The molecule has 140 heavy (non-hydrogen) atoms. The highest BCUT2D eigenvalue weighted by Crippen LogP contribution is 2.66. The molecule has 0 N–H and O–H groups in total. The van der Waals surface area contributed by atoms with Crippen LogP contribution in [0.3, 0.4) is 0 Å². The number of pyridine rings is 5. The number of aromatic nitrogens is 5. The molecule has 0 spiro atoms. The van der Waals surface area contributed by atoms with Crippen LogP contribution in [0.4, 0.5) is 0 Å². The van der Waals surface area contributed by atoms with Gasteiger partial charge in [-0.05, 0) is 275 Å². The average molecular weight is 1780 g/mol. The van der Waals surface area contributed by atoms with E-state index in [0.29, 0.717) is 0 Å². The summed E-state index contributed by atoms with van der Waals surface area (Å²) in [6.45, 7) is 0. The van der Waals surface area contributed by atoms with Crippen molar-refractivity contribution in [2.75, 3.05) is 0 Å². The third-order valence-electron chi connectivity index (χ3n) is 28.2. The molecule has 5 nitrogen and oxygen atoms in total. The summed E-state index contributed by atoms with van der Waals surface area (Å²) in [5, 5.41) is 9.41. The number of nitrogens with zero attached hydrogens (tertiary/aromatic N) is 5. The van der Waals surface area contributed by atoms with Crippen LogP contribution in [0.1, 0.15) is 67.2 Å². The molecule has 18 aromatic carbocycles. The van der Waals surface area contributed by atoms with Crippen molar-refractivity contribution in [3.05, 3.63) is 595 Å². The Balaban J connectivity index is 0.000000144. The second-order valence-electron chi connectivity index (χ2n) is 36.2. The molecule has 0 saturated carbocycles. The monoisotopic (exact) mass is 1780 g/mol. The van der Waals surface area contributed by atoms with Gasteiger partial charge in [0.2, 0.25) is 0 Å². The van der Waals surface area contributed by atoms with Crippen molar-refractivity contribution in [1.29, 1.82) is 0 Å². The van der Waals surface area contributed by atoms with E-state index in [9.17, 15) is 0 Å². The first-order chi connectivity index (χ1) is 69.5. The Morgan fingerprint density at radius 3 is 0.871 bits per heavy atom. The van der Waals surface area contributed by atoms with Crippen LogP contribution in [-0.2, 0) is 0 Å². The van der Waals surface area contributed by atoms with Gasteiger partial charge in [0, 0.05) is 109 Å². The van der Waals surface area contributed by atoms with Crippen LogP contribution in [0, 0.1) is 0 Å². The molecule has 23 aromatic rings. The first-order valence-corrected chi connectivity index (χ1v) is 47.9. The van der Waals surface area contributed by atoms with Crippen LogP contribution in [0.25, 0.3) is 199 Å². The van der Waals surface area contributed by atoms with E-state index in [-0.39, 0.29) is 0 Å². The van der Waals surface area contributed by atoms with Crippen LogP contribution >= 0.6 is 0 Å². The number of allylic oxidation sites excluding steroid dienone is 10. The number of hydrogen-bond acceptors (Lipinski definition) is 5. The molecule has 0 bridgehead atoms. The number of benzene rings is 18. The lowest BCUT2D eigenvalue weighted by molar-refractivity contribution is 1.27. The molecule has 0 radical (unpaired) electrons. The number of hydrogen-bond donors (Lipinski definition) is 0. The summed E-state index contributed by atoms with van der Waals surface area (Å²) in [7, 11) is 0. The largest absolute Gasteiger partial charge is 0.256 e. The SMILES string of the molecule is c1ccc(-c2ccc(-c3cc4c(cc3-c3cccc(-c5ccccc5)c3)C3=C(c5ccccn5)C(c5cccc(-c6ccccc6)c5)=C(c5cccc(-c6ccccc6)c5)C3=C4c3ccccn3)cc2)cc1.c1ccc(C2=C3C(=C(c4cccc5ccccc45)c4cc(-c5ccc6ccccc6c5)c(-c5ccc6ccccc6c5)cc43)C(c3cccc4cccnc34)=C2c2cccc3cccnc23)nc1. The van der Waals surface area contributed by atoms with Crippen LogP contribution < -0.4 is 0 Å². The predicted octanol–water partition coefficient (Wildman–Crippen LogP) is 34.2. The van der Waals surface area contributed by atoms with Gasteiger partial charge in [-0.2, -0.15) is 0 Å². The average Bonchev–Trinajstić information content (AvgIpc) is 1.51. The molecule has 0 atom stereocenters. The molecule has 27 rings (SSSR count). The fourth-order valence-corrected chi connectivity index (χ4v) is 22.0. The summed E-state index contributed by atoms with van der Waals surface area (Å²) in [4.78, 5) is 26.0. The van der Waals surface area contributed by atoms with E-state index >= 15 is 0 Å². The molecule has 0 amide bonds. The number of rotatable bonds is 16. The Hall–Kier alpha value is -18.6. The quantitative estimate of drug-likeness (QED) is 0.0964. The van der Waals surface area contributed by atoms with E-state index < -0.39 is 0 Å². The summed E-state index contributed by atoms with van der Waals surface area (Å²) in [5.41, 5.74) is 47.2. The fourth-order valence-electron chi connectivity index (χ4n) is 22.0. The van der Waals surface area contributed by atoms with Crippen LogP contribution in [0.15, 0.2) is 527 Å². The van der Waals surface area contributed by atoms with Gasteiger partial charge in [0.25, 0.3) is 0 Å². The van der Waals surface area contributed by atoms with Crippen molar-refractivity contribution in [3.63, 3.8) is 0 Å². The molecule has 4 aliphatic carbocycles. The van der Waals surface area contributed by atoms with Gasteiger partial charge in [-0.1, -0.05) is 382 Å². The van der Waals surface area contributed by atoms with E-state index in [1.165, 1.54) is 116 Å². The molecule has 0 fully saturated rings. The van der Waals surface area contributed by atoms with Crippen molar-refractivity contribution in [2.45, 2.75) is 0 Å². The third kappa shape index (κ3) is 14.5. The van der Waals surface area contributed by atoms with Crippen LogP contribution in [0.2, 0.25) is 0 Å². The normalized spacial score (nSPS) is 13.1. The maximum absolute atomic E-state index is 5.25. The van der Waals surface area contributed by atoms with E-state index in [1.54, 1.807) is 0 Å². The van der Waals surface area contributed by atoms with Crippen LogP contribution in [0.5, 0.6) is 0 Å². The smallest absolute Gasteiger partial charge is 0.0780 e. The third-order valence-corrected chi connectivity index (χ3v) is 28.2. The fraction of sp³-hybridized carbons (Fsp3) is 0. The molecule has 0 unspecified atom stereocenters. The second-order valence-corrected chi connectivity index (χ2v) is 36.2. The van der Waals surface area contributed by atoms with Gasteiger partial charge in [-0.15, -0.1) is 0 Å². The van der Waals surface area contributed by atoms with Crippen molar-refractivity contribution in [1.82, 2.24) is 24.9 Å². The maximum Gasteiger partial charge on any atom is 0.0780 e. The molecule has 650 valence electrons.